The summed E-state index contributed by atoms with van der Waals surface area (Å²) in [7, 11) is 1.45. The minimum Gasteiger partial charge on any atom is -0.495 e. The molecular weight excluding hydrogens is 417 g/mol. The van der Waals surface area contributed by atoms with Gasteiger partial charge in [0, 0.05) is 21.7 Å². The zero-order chi connectivity index (χ0) is 21.3. The largest absolute Gasteiger partial charge is 0.495 e. The smallest absolute Gasteiger partial charge is 0.325 e. The lowest BCUT2D eigenvalue weighted by Gasteiger charge is -2.23. The van der Waals surface area contributed by atoms with Crippen LogP contribution in [-0.2, 0) is 15.1 Å². The fourth-order valence-electron chi connectivity index (χ4n) is 3.15. The third-order valence-corrected chi connectivity index (χ3v) is 5.48. The van der Waals surface area contributed by atoms with E-state index in [9.17, 15) is 14.4 Å². The van der Waals surface area contributed by atoms with Crippen molar-refractivity contribution in [2.24, 2.45) is 0 Å². The fraction of sp³-hybridized carbons (Fsp3) is 0.250. The van der Waals surface area contributed by atoms with Gasteiger partial charge in [0.2, 0.25) is 5.91 Å². The van der Waals surface area contributed by atoms with Crippen LogP contribution >= 0.6 is 23.2 Å². The monoisotopic (exact) mass is 435 g/mol. The zero-order valence-electron chi connectivity index (χ0n) is 16.0. The number of nitrogens with one attached hydrogen (secondary N) is 2. The summed E-state index contributed by atoms with van der Waals surface area (Å²) in [5.74, 6) is -0.756. The Hall–Kier alpha value is -2.77. The first-order valence-electron chi connectivity index (χ1n) is 8.70. The van der Waals surface area contributed by atoms with E-state index in [1.54, 1.807) is 50.2 Å². The van der Waals surface area contributed by atoms with Crippen LogP contribution in [0.15, 0.2) is 36.4 Å². The van der Waals surface area contributed by atoms with Crippen molar-refractivity contribution < 1.29 is 19.1 Å². The van der Waals surface area contributed by atoms with Crippen LogP contribution in [0.3, 0.4) is 0 Å². The first-order chi connectivity index (χ1) is 13.7. The quantitative estimate of drug-likeness (QED) is 0.700. The molecular formula is C20H19Cl2N3O4. The van der Waals surface area contributed by atoms with Crippen molar-refractivity contribution >= 4 is 46.7 Å². The highest BCUT2D eigenvalue weighted by Gasteiger charge is 2.50. The number of methoxy groups -OCH3 is 1. The molecule has 1 unspecified atom stereocenters. The predicted octanol–water partition coefficient (Wildman–Crippen LogP) is 3.72. The van der Waals surface area contributed by atoms with E-state index in [0.717, 1.165) is 10.5 Å². The van der Waals surface area contributed by atoms with Gasteiger partial charge in [-0.05, 0) is 31.5 Å². The lowest BCUT2D eigenvalue weighted by molar-refractivity contribution is -0.133. The Kier molecular flexibility index (Phi) is 5.73. The van der Waals surface area contributed by atoms with E-state index in [0.29, 0.717) is 27.0 Å². The number of carbonyl (C=O) groups is 3. The summed E-state index contributed by atoms with van der Waals surface area (Å²) in [5.41, 5.74) is 0.229. The average molecular weight is 436 g/mol. The number of amides is 4. The molecule has 0 spiro atoms. The number of nitrogens with zero attached hydrogens (tertiary/aromatic N) is 1. The van der Waals surface area contributed by atoms with E-state index >= 15 is 0 Å². The predicted molar refractivity (Wildman–Crippen MR) is 110 cm³/mol. The van der Waals surface area contributed by atoms with Gasteiger partial charge >= 0.3 is 6.03 Å². The zero-order valence-corrected chi connectivity index (χ0v) is 17.5. The summed E-state index contributed by atoms with van der Waals surface area (Å²) >= 11 is 12.3. The average Bonchev–Trinajstić information content (AvgIpc) is 2.88. The number of hydrogen-bond acceptors (Lipinski definition) is 4. The molecule has 9 heteroatoms. The van der Waals surface area contributed by atoms with E-state index < -0.39 is 29.9 Å². The number of benzene rings is 2. The first-order valence-corrected chi connectivity index (χ1v) is 9.46. The minimum atomic E-state index is -1.36. The lowest BCUT2D eigenvalue weighted by Crippen LogP contribution is -2.42. The van der Waals surface area contributed by atoms with E-state index in [4.69, 9.17) is 27.9 Å². The van der Waals surface area contributed by atoms with Crippen molar-refractivity contribution in [2.75, 3.05) is 19.0 Å². The van der Waals surface area contributed by atoms with Gasteiger partial charge in [0.05, 0.1) is 12.8 Å². The van der Waals surface area contributed by atoms with Gasteiger partial charge in [0.15, 0.2) is 0 Å². The van der Waals surface area contributed by atoms with Crippen molar-refractivity contribution in [3.05, 3.63) is 57.6 Å². The third-order valence-electron chi connectivity index (χ3n) is 4.74. The van der Waals surface area contributed by atoms with Gasteiger partial charge in [-0.2, -0.15) is 0 Å². The summed E-state index contributed by atoms with van der Waals surface area (Å²) in [6.07, 6.45) is 0. The molecule has 3 rings (SSSR count). The SMILES string of the molecule is COc1cc(Cl)c(C)cc1NC(=O)CN1C(=O)NC(C)(c2ccccc2Cl)C1=O. The highest BCUT2D eigenvalue weighted by Crippen LogP contribution is 2.34. The number of ether oxygens (including phenoxy) is 1. The van der Waals surface area contributed by atoms with Gasteiger partial charge in [-0.25, -0.2) is 4.79 Å². The lowest BCUT2D eigenvalue weighted by atomic mass is 9.92. The Bertz CT molecular complexity index is 1010. The number of hydrogen-bond donors (Lipinski definition) is 2. The van der Waals surface area contributed by atoms with Gasteiger partial charge < -0.3 is 15.4 Å². The Balaban J connectivity index is 1.80. The number of imide groups is 1. The van der Waals surface area contributed by atoms with Crippen molar-refractivity contribution in [3.8, 4) is 5.75 Å². The van der Waals surface area contributed by atoms with Crippen molar-refractivity contribution in [1.29, 1.82) is 0 Å². The van der Waals surface area contributed by atoms with E-state index in [1.807, 2.05) is 0 Å². The number of halogens is 2. The van der Waals surface area contributed by atoms with Gasteiger partial charge in [0.25, 0.3) is 5.91 Å². The summed E-state index contributed by atoms with van der Waals surface area (Å²) in [5, 5.41) is 6.11. The van der Waals surface area contributed by atoms with Crippen LogP contribution in [0.4, 0.5) is 10.5 Å². The molecule has 2 aromatic carbocycles. The van der Waals surface area contributed by atoms with Crippen molar-refractivity contribution in [2.45, 2.75) is 19.4 Å². The van der Waals surface area contributed by atoms with E-state index in [-0.39, 0.29) is 0 Å². The second kappa shape index (κ2) is 7.93. The highest BCUT2D eigenvalue weighted by atomic mass is 35.5. The number of aryl methyl sites for hydroxylation is 1. The molecule has 152 valence electrons. The van der Waals surface area contributed by atoms with Crippen LogP contribution in [0.25, 0.3) is 0 Å². The second-order valence-corrected chi connectivity index (χ2v) is 7.59. The topological polar surface area (TPSA) is 87.7 Å². The molecule has 0 saturated carbocycles. The van der Waals surface area contributed by atoms with E-state index in [1.165, 1.54) is 7.11 Å². The molecule has 7 nitrogen and oxygen atoms in total. The fourth-order valence-corrected chi connectivity index (χ4v) is 3.63. The number of rotatable bonds is 5. The summed E-state index contributed by atoms with van der Waals surface area (Å²) in [6, 6.07) is 9.29. The standard InChI is InChI=1S/C20H19Cl2N3O4/c1-11-8-15(16(29-3)9-14(11)22)23-17(26)10-25-18(27)20(2,24-19(25)28)12-6-4-5-7-13(12)21/h4-9H,10H2,1-3H3,(H,23,26)(H,24,28). The molecule has 1 aliphatic rings. The summed E-state index contributed by atoms with van der Waals surface area (Å²) < 4.78 is 5.22. The Morgan fingerprint density at radius 2 is 1.90 bits per heavy atom. The molecule has 1 aliphatic heterocycles. The molecule has 0 aliphatic carbocycles. The van der Waals surface area contributed by atoms with Crippen LogP contribution < -0.4 is 15.4 Å². The van der Waals surface area contributed by atoms with Crippen molar-refractivity contribution in [1.82, 2.24) is 10.2 Å². The maximum Gasteiger partial charge on any atom is 0.325 e. The highest BCUT2D eigenvalue weighted by molar-refractivity contribution is 6.32. The molecule has 2 aromatic rings. The molecule has 0 bridgehead atoms. The van der Waals surface area contributed by atoms with Crippen molar-refractivity contribution in [3.63, 3.8) is 0 Å². The van der Waals surface area contributed by atoms with Gasteiger partial charge in [0.1, 0.15) is 17.8 Å². The normalized spacial score (nSPS) is 18.6. The number of urea groups is 1. The van der Waals surface area contributed by atoms with E-state index in [2.05, 4.69) is 10.6 Å². The second-order valence-electron chi connectivity index (χ2n) is 6.78. The number of carbonyl (C=O) groups excluding carboxylic acids is 3. The molecule has 1 heterocycles. The van der Waals surface area contributed by atoms with Crippen LogP contribution in [-0.4, -0.2) is 36.4 Å². The Morgan fingerprint density at radius 1 is 1.21 bits per heavy atom. The van der Waals surface area contributed by atoms with Crippen LogP contribution in [0.2, 0.25) is 10.0 Å². The maximum absolute atomic E-state index is 13.0. The molecule has 1 saturated heterocycles. The summed E-state index contributed by atoms with van der Waals surface area (Å²) in [4.78, 5) is 38.8. The molecule has 2 N–H and O–H groups in total. The molecule has 1 atom stereocenters. The van der Waals surface area contributed by atoms with Crippen LogP contribution in [0.1, 0.15) is 18.1 Å². The van der Waals surface area contributed by atoms with Crippen LogP contribution in [0, 0.1) is 6.92 Å². The maximum atomic E-state index is 13.0. The Morgan fingerprint density at radius 3 is 2.55 bits per heavy atom. The molecule has 0 radical (unpaired) electrons. The van der Waals surface area contributed by atoms with Gasteiger partial charge in [-0.1, -0.05) is 41.4 Å². The minimum absolute atomic E-state index is 0.344. The first kappa shape index (κ1) is 21.0. The van der Waals surface area contributed by atoms with Crippen LogP contribution in [0.5, 0.6) is 5.75 Å². The van der Waals surface area contributed by atoms with Gasteiger partial charge in [-0.15, -0.1) is 0 Å². The number of anilines is 1. The molecule has 0 aromatic heterocycles. The van der Waals surface area contributed by atoms with Gasteiger partial charge in [-0.3, -0.25) is 14.5 Å². The molecule has 4 amide bonds. The Labute approximate surface area is 177 Å². The molecule has 29 heavy (non-hydrogen) atoms. The third kappa shape index (κ3) is 3.88. The molecule has 1 fully saturated rings. The summed E-state index contributed by atoms with van der Waals surface area (Å²) in [6.45, 7) is 2.87.